The van der Waals surface area contributed by atoms with Crippen molar-refractivity contribution in [3.8, 4) is 11.3 Å². The molecule has 0 N–H and O–H groups in total. The molecule has 0 spiro atoms. The SMILES string of the molecule is CCc1ccc(-c2noc3c(=O)n(CCC(=O)N4CCCCCC4)cnc23)cc1. The first-order valence-corrected chi connectivity index (χ1v) is 10.4. The number of rotatable bonds is 5. The molecule has 3 heterocycles. The quantitative estimate of drug-likeness (QED) is 0.662. The molecule has 0 unspecified atom stereocenters. The van der Waals surface area contributed by atoms with Crippen molar-refractivity contribution in [2.75, 3.05) is 13.1 Å². The van der Waals surface area contributed by atoms with Crippen LogP contribution in [0.5, 0.6) is 0 Å². The summed E-state index contributed by atoms with van der Waals surface area (Å²) in [7, 11) is 0. The summed E-state index contributed by atoms with van der Waals surface area (Å²) in [6, 6.07) is 7.99. The Hall–Kier alpha value is -2.96. The molecule has 1 aromatic carbocycles. The number of carbonyl (C=O) groups excluding carboxylic acids is 1. The average molecular weight is 394 g/mol. The number of fused-ring (bicyclic) bond motifs is 1. The third-order valence-electron chi connectivity index (χ3n) is 5.61. The maximum atomic E-state index is 12.8. The summed E-state index contributed by atoms with van der Waals surface area (Å²) >= 11 is 0. The first kappa shape index (κ1) is 19.4. The van der Waals surface area contributed by atoms with Crippen LogP contribution in [0.1, 0.15) is 44.6 Å². The summed E-state index contributed by atoms with van der Waals surface area (Å²) in [5.41, 5.74) is 2.93. The highest BCUT2D eigenvalue weighted by Crippen LogP contribution is 2.25. The van der Waals surface area contributed by atoms with E-state index in [2.05, 4.69) is 17.1 Å². The van der Waals surface area contributed by atoms with Gasteiger partial charge in [-0.1, -0.05) is 49.2 Å². The lowest BCUT2D eigenvalue weighted by Crippen LogP contribution is -2.33. The molecule has 29 heavy (non-hydrogen) atoms. The molecule has 0 saturated carbocycles. The molecular formula is C22H26N4O3. The molecule has 0 radical (unpaired) electrons. The second kappa shape index (κ2) is 8.59. The lowest BCUT2D eigenvalue weighted by atomic mass is 10.1. The monoisotopic (exact) mass is 394 g/mol. The first-order chi connectivity index (χ1) is 14.2. The van der Waals surface area contributed by atoms with Crippen LogP contribution in [0.2, 0.25) is 0 Å². The molecule has 152 valence electrons. The van der Waals surface area contributed by atoms with Gasteiger partial charge in [-0.05, 0) is 24.8 Å². The molecular weight excluding hydrogens is 368 g/mol. The van der Waals surface area contributed by atoms with Crippen LogP contribution in [-0.4, -0.2) is 38.6 Å². The molecule has 1 amide bonds. The van der Waals surface area contributed by atoms with Gasteiger partial charge in [0, 0.05) is 31.6 Å². The number of likely N-dealkylation sites (tertiary alicyclic amines) is 1. The van der Waals surface area contributed by atoms with Crippen LogP contribution in [0, 0.1) is 0 Å². The Labute approximate surface area is 169 Å². The Morgan fingerprint density at radius 3 is 2.52 bits per heavy atom. The smallest absolute Gasteiger partial charge is 0.299 e. The third kappa shape index (κ3) is 4.09. The highest BCUT2D eigenvalue weighted by atomic mass is 16.5. The van der Waals surface area contributed by atoms with Gasteiger partial charge >= 0.3 is 0 Å². The summed E-state index contributed by atoms with van der Waals surface area (Å²) < 4.78 is 6.77. The fourth-order valence-corrected chi connectivity index (χ4v) is 3.80. The molecule has 4 rings (SSSR count). The van der Waals surface area contributed by atoms with E-state index in [1.165, 1.54) is 29.3 Å². The number of aromatic nitrogens is 3. The number of carbonyl (C=O) groups is 1. The predicted octanol–water partition coefficient (Wildman–Crippen LogP) is 3.41. The second-order valence-corrected chi connectivity index (χ2v) is 7.55. The van der Waals surface area contributed by atoms with Crippen molar-refractivity contribution < 1.29 is 9.32 Å². The van der Waals surface area contributed by atoms with Crippen LogP contribution in [0.3, 0.4) is 0 Å². The van der Waals surface area contributed by atoms with Crippen molar-refractivity contribution >= 4 is 17.0 Å². The van der Waals surface area contributed by atoms with E-state index in [1.807, 2.05) is 29.2 Å². The zero-order chi connectivity index (χ0) is 20.2. The molecule has 1 fully saturated rings. The highest BCUT2D eigenvalue weighted by Gasteiger charge is 2.18. The number of aryl methyl sites for hydroxylation is 2. The lowest BCUT2D eigenvalue weighted by molar-refractivity contribution is -0.131. The van der Waals surface area contributed by atoms with Gasteiger partial charge in [0.15, 0.2) is 0 Å². The summed E-state index contributed by atoms with van der Waals surface area (Å²) in [4.78, 5) is 31.6. The standard InChI is InChI=1S/C22H26N4O3/c1-2-16-7-9-17(10-8-16)19-20-21(29-24-19)22(28)26(15-23-20)14-11-18(27)25-12-5-3-4-6-13-25/h7-10,15H,2-6,11-14H2,1H3. The van der Waals surface area contributed by atoms with E-state index < -0.39 is 0 Å². The van der Waals surface area contributed by atoms with Crippen molar-refractivity contribution in [2.45, 2.75) is 52.0 Å². The van der Waals surface area contributed by atoms with E-state index in [4.69, 9.17) is 4.52 Å². The molecule has 1 saturated heterocycles. The van der Waals surface area contributed by atoms with Gasteiger partial charge in [0.05, 0.1) is 6.33 Å². The van der Waals surface area contributed by atoms with Gasteiger partial charge in [-0.2, -0.15) is 0 Å². The Morgan fingerprint density at radius 1 is 1.10 bits per heavy atom. The summed E-state index contributed by atoms with van der Waals surface area (Å²) in [6.07, 6.45) is 7.20. The topological polar surface area (TPSA) is 81.2 Å². The predicted molar refractivity (Wildman–Crippen MR) is 111 cm³/mol. The fraction of sp³-hybridized carbons (Fsp3) is 0.455. The number of amides is 1. The van der Waals surface area contributed by atoms with Gasteiger partial charge in [-0.3, -0.25) is 14.2 Å². The largest absolute Gasteiger partial charge is 0.348 e. The van der Waals surface area contributed by atoms with Crippen molar-refractivity contribution in [1.82, 2.24) is 19.6 Å². The lowest BCUT2D eigenvalue weighted by Gasteiger charge is -2.20. The van der Waals surface area contributed by atoms with Gasteiger partial charge in [0.2, 0.25) is 5.91 Å². The van der Waals surface area contributed by atoms with Gasteiger partial charge < -0.3 is 9.42 Å². The normalized spacial score (nSPS) is 14.9. The Balaban J connectivity index is 1.52. The van der Waals surface area contributed by atoms with E-state index in [-0.39, 0.29) is 23.5 Å². The molecule has 0 bridgehead atoms. The highest BCUT2D eigenvalue weighted by molar-refractivity contribution is 5.87. The first-order valence-electron chi connectivity index (χ1n) is 10.4. The number of hydrogen-bond acceptors (Lipinski definition) is 5. The van der Waals surface area contributed by atoms with Crippen LogP contribution >= 0.6 is 0 Å². The molecule has 3 aromatic rings. The minimum Gasteiger partial charge on any atom is -0.348 e. The zero-order valence-electron chi connectivity index (χ0n) is 16.8. The van der Waals surface area contributed by atoms with Gasteiger partial charge in [0.25, 0.3) is 11.1 Å². The van der Waals surface area contributed by atoms with Crippen LogP contribution in [-0.2, 0) is 17.8 Å². The third-order valence-corrected chi connectivity index (χ3v) is 5.61. The molecule has 1 aliphatic heterocycles. The van der Waals surface area contributed by atoms with Crippen LogP contribution < -0.4 is 5.56 Å². The van der Waals surface area contributed by atoms with Crippen LogP contribution in [0.25, 0.3) is 22.4 Å². The van der Waals surface area contributed by atoms with Crippen LogP contribution in [0.4, 0.5) is 0 Å². The van der Waals surface area contributed by atoms with Crippen LogP contribution in [0.15, 0.2) is 39.9 Å². The molecule has 1 aliphatic rings. The Kier molecular flexibility index (Phi) is 5.74. The van der Waals surface area contributed by atoms with E-state index >= 15 is 0 Å². The van der Waals surface area contributed by atoms with E-state index in [9.17, 15) is 9.59 Å². The minimum atomic E-state index is -0.303. The number of benzene rings is 1. The molecule has 7 nitrogen and oxygen atoms in total. The van der Waals surface area contributed by atoms with Crippen molar-refractivity contribution in [3.63, 3.8) is 0 Å². The van der Waals surface area contributed by atoms with E-state index in [0.29, 0.717) is 17.8 Å². The summed E-state index contributed by atoms with van der Waals surface area (Å²) in [5, 5.41) is 4.08. The maximum Gasteiger partial charge on any atom is 0.299 e. The Morgan fingerprint density at radius 2 is 1.83 bits per heavy atom. The molecule has 0 atom stereocenters. The fourth-order valence-electron chi connectivity index (χ4n) is 3.80. The second-order valence-electron chi connectivity index (χ2n) is 7.55. The van der Waals surface area contributed by atoms with Gasteiger partial charge in [-0.15, -0.1) is 0 Å². The van der Waals surface area contributed by atoms with Crippen molar-refractivity contribution in [3.05, 3.63) is 46.5 Å². The molecule has 0 aliphatic carbocycles. The van der Waals surface area contributed by atoms with Gasteiger partial charge in [-0.25, -0.2) is 4.98 Å². The summed E-state index contributed by atoms with van der Waals surface area (Å²) in [5.74, 6) is 0.0909. The zero-order valence-corrected chi connectivity index (χ0v) is 16.8. The Bertz CT molecular complexity index is 1040. The minimum absolute atomic E-state index is 0.0909. The van der Waals surface area contributed by atoms with Gasteiger partial charge in [0.1, 0.15) is 11.2 Å². The molecule has 7 heteroatoms. The molecule has 2 aromatic heterocycles. The van der Waals surface area contributed by atoms with Crippen molar-refractivity contribution in [1.29, 1.82) is 0 Å². The maximum absolute atomic E-state index is 12.8. The number of nitrogens with zero attached hydrogens (tertiary/aromatic N) is 4. The van der Waals surface area contributed by atoms with E-state index in [0.717, 1.165) is 37.9 Å². The average Bonchev–Trinajstić information content (AvgIpc) is 3.00. The number of hydrogen-bond donors (Lipinski definition) is 0. The van der Waals surface area contributed by atoms with E-state index in [1.54, 1.807) is 0 Å². The summed E-state index contributed by atoms with van der Waals surface area (Å²) in [6.45, 7) is 4.01. The van der Waals surface area contributed by atoms with Crippen molar-refractivity contribution in [2.24, 2.45) is 0 Å².